The molecule has 0 aromatic heterocycles. The van der Waals surface area contributed by atoms with E-state index in [1.54, 1.807) is 0 Å². The lowest BCUT2D eigenvalue weighted by Crippen LogP contribution is -2.17. The van der Waals surface area contributed by atoms with Crippen molar-refractivity contribution in [1.82, 2.24) is 0 Å². The number of benzene rings is 2. The van der Waals surface area contributed by atoms with Crippen LogP contribution in [0.2, 0.25) is 0 Å². The van der Waals surface area contributed by atoms with E-state index in [9.17, 15) is 0 Å². The highest BCUT2D eigenvalue weighted by Crippen LogP contribution is 2.32. The molecule has 4 heteroatoms. The van der Waals surface area contributed by atoms with E-state index >= 15 is 0 Å². The summed E-state index contributed by atoms with van der Waals surface area (Å²) in [6.45, 7) is 3.84. The Morgan fingerprint density at radius 2 is 1.77 bits per heavy atom. The second kappa shape index (κ2) is 6.71. The molecule has 1 aliphatic rings. The number of nitrogens with two attached hydrogens (primary N) is 1. The van der Waals surface area contributed by atoms with E-state index in [0.29, 0.717) is 19.8 Å². The fourth-order valence-corrected chi connectivity index (χ4v) is 2.55. The van der Waals surface area contributed by atoms with Gasteiger partial charge in [0.25, 0.3) is 0 Å². The molecule has 2 aromatic rings. The second-order valence-corrected chi connectivity index (χ2v) is 5.29. The van der Waals surface area contributed by atoms with Gasteiger partial charge >= 0.3 is 0 Å². The van der Waals surface area contributed by atoms with Gasteiger partial charge in [0.05, 0.1) is 6.61 Å². The van der Waals surface area contributed by atoms with Crippen LogP contribution < -0.4 is 19.9 Å². The molecule has 0 bridgehead atoms. The van der Waals surface area contributed by atoms with Crippen molar-refractivity contribution in [3.05, 3.63) is 53.6 Å². The van der Waals surface area contributed by atoms with E-state index in [-0.39, 0.29) is 6.04 Å². The third kappa shape index (κ3) is 3.34. The molecule has 22 heavy (non-hydrogen) atoms. The quantitative estimate of drug-likeness (QED) is 0.921. The van der Waals surface area contributed by atoms with Gasteiger partial charge in [0.2, 0.25) is 0 Å². The molecule has 0 radical (unpaired) electrons. The molecule has 1 unspecified atom stereocenters. The zero-order chi connectivity index (χ0) is 15.4. The molecule has 0 spiro atoms. The predicted octanol–water partition coefficient (Wildman–Crippen LogP) is 3.10. The van der Waals surface area contributed by atoms with Crippen LogP contribution >= 0.6 is 0 Å². The Balaban J connectivity index is 1.69. The summed E-state index contributed by atoms with van der Waals surface area (Å²) in [4.78, 5) is 0. The van der Waals surface area contributed by atoms with E-state index in [0.717, 1.165) is 29.2 Å². The lowest BCUT2D eigenvalue weighted by Gasteiger charge is -2.20. The normalized spacial score (nSPS) is 14.5. The Hall–Kier alpha value is -2.20. The smallest absolute Gasteiger partial charge is 0.161 e. The molecule has 3 rings (SSSR count). The largest absolute Gasteiger partial charge is 0.494 e. The van der Waals surface area contributed by atoms with Gasteiger partial charge in [0, 0.05) is 6.04 Å². The molecule has 116 valence electrons. The molecular formula is C18H21NO3. The van der Waals surface area contributed by atoms with Gasteiger partial charge in [-0.2, -0.15) is 0 Å². The van der Waals surface area contributed by atoms with Crippen LogP contribution in [0.5, 0.6) is 17.2 Å². The van der Waals surface area contributed by atoms with Crippen molar-refractivity contribution in [2.45, 2.75) is 19.4 Å². The van der Waals surface area contributed by atoms with Crippen LogP contribution in [-0.2, 0) is 6.42 Å². The first kappa shape index (κ1) is 14.7. The Labute approximate surface area is 130 Å². The molecule has 0 saturated heterocycles. The molecule has 1 atom stereocenters. The minimum atomic E-state index is -0.0752. The summed E-state index contributed by atoms with van der Waals surface area (Å²) in [5, 5.41) is 0. The summed E-state index contributed by atoms with van der Waals surface area (Å²) in [5.41, 5.74) is 8.57. The number of rotatable bonds is 5. The average molecular weight is 299 g/mol. The second-order valence-electron chi connectivity index (χ2n) is 5.29. The van der Waals surface area contributed by atoms with Crippen molar-refractivity contribution in [2.24, 2.45) is 5.73 Å². The molecule has 2 aromatic carbocycles. The molecule has 0 fully saturated rings. The van der Waals surface area contributed by atoms with Crippen molar-refractivity contribution in [3.63, 3.8) is 0 Å². The Morgan fingerprint density at radius 1 is 1.05 bits per heavy atom. The Morgan fingerprint density at radius 3 is 2.50 bits per heavy atom. The highest BCUT2D eigenvalue weighted by molar-refractivity contribution is 5.45. The van der Waals surface area contributed by atoms with Gasteiger partial charge in [-0.3, -0.25) is 0 Å². The molecular weight excluding hydrogens is 278 g/mol. The molecule has 0 amide bonds. The van der Waals surface area contributed by atoms with Crippen molar-refractivity contribution in [1.29, 1.82) is 0 Å². The predicted molar refractivity (Wildman–Crippen MR) is 85.7 cm³/mol. The van der Waals surface area contributed by atoms with E-state index < -0.39 is 0 Å². The van der Waals surface area contributed by atoms with Crippen LogP contribution in [0, 0.1) is 0 Å². The van der Waals surface area contributed by atoms with Gasteiger partial charge in [-0.05, 0) is 48.7 Å². The SMILES string of the molecule is CCOc1ccc(CC(N)c2ccc3c(c2)OCCO3)cc1. The maximum absolute atomic E-state index is 6.33. The minimum Gasteiger partial charge on any atom is -0.494 e. The van der Waals surface area contributed by atoms with Gasteiger partial charge < -0.3 is 19.9 Å². The molecule has 2 N–H and O–H groups in total. The van der Waals surface area contributed by atoms with Crippen LogP contribution in [-0.4, -0.2) is 19.8 Å². The van der Waals surface area contributed by atoms with E-state index in [1.165, 1.54) is 5.56 Å². The van der Waals surface area contributed by atoms with Crippen molar-refractivity contribution >= 4 is 0 Å². The van der Waals surface area contributed by atoms with Gasteiger partial charge in [0.15, 0.2) is 11.5 Å². The van der Waals surface area contributed by atoms with E-state index in [1.807, 2.05) is 37.3 Å². The fourth-order valence-electron chi connectivity index (χ4n) is 2.55. The first-order chi connectivity index (χ1) is 10.8. The van der Waals surface area contributed by atoms with Crippen molar-refractivity contribution in [3.8, 4) is 17.2 Å². The molecule has 0 saturated carbocycles. The zero-order valence-corrected chi connectivity index (χ0v) is 12.7. The molecule has 1 aliphatic heterocycles. The van der Waals surface area contributed by atoms with E-state index in [4.69, 9.17) is 19.9 Å². The van der Waals surface area contributed by atoms with Gasteiger partial charge in [0.1, 0.15) is 19.0 Å². The number of fused-ring (bicyclic) bond motifs is 1. The van der Waals surface area contributed by atoms with Gasteiger partial charge in [-0.25, -0.2) is 0 Å². The van der Waals surface area contributed by atoms with Crippen LogP contribution in [0.4, 0.5) is 0 Å². The molecule has 1 heterocycles. The lowest BCUT2D eigenvalue weighted by atomic mass is 9.99. The highest BCUT2D eigenvalue weighted by atomic mass is 16.6. The fraction of sp³-hybridized carbons (Fsp3) is 0.333. The van der Waals surface area contributed by atoms with Crippen molar-refractivity contribution < 1.29 is 14.2 Å². The third-order valence-electron chi connectivity index (χ3n) is 3.68. The summed E-state index contributed by atoms with van der Waals surface area (Å²) >= 11 is 0. The number of hydrogen-bond donors (Lipinski definition) is 1. The van der Waals surface area contributed by atoms with Crippen molar-refractivity contribution in [2.75, 3.05) is 19.8 Å². The number of hydrogen-bond acceptors (Lipinski definition) is 4. The van der Waals surface area contributed by atoms with Crippen LogP contribution in [0.25, 0.3) is 0 Å². The van der Waals surface area contributed by atoms with Gasteiger partial charge in [-0.15, -0.1) is 0 Å². The van der Waals surface area contributed by atoms with Gasteiger partial charge in [-0.1, -0.05) is 18.2 Å². The standard InChI is InChI=1S/C18H21NO3/c1-2-20-15-6-3-13(4-7-15)11-16(19)14-5-8-17-18(12-14)22-10-9-21-17/h3-8,12,16H,2,9-11,19H2,1H3. The van der Waals surface area contributed by atoms with Crippen LogP contribution in [0.3, 0.4) is 0 Å². The summed E-state index contributed by atoms with van der Waals surface area (Å²) in [5.74, 6) is 2.47. The topological polar surface area (TPSA) is 53.7 Å². The average Bonchev–Trinajstić information content (AvgIpc) is 2.56. The molecule has 0 aliphatic carbocycles. The summed E-state index contributed by atoms with van der Waals surface area (Å²) in [6, 6.07) is 13.9. The Kier molecular flexibility index (Phi) is 4.49. The van der Waals surface area contributed by atoms with Crippen LogP contribution in [0.15, 0.2) is 42.5 Å². The Bertz CT molecular complexity index is 625. The third-order valence-corrected chi connectivity index (χ3v) is 3.68. The van der Waals surface area contributed by atoms with Crippen LogP contribution in [0.1, 0.15) is 24.1 Å². The maximum Gasteiger partial charge on any atom is 0.161 e. The monoisotopic (exact) mass is 299 g/mol. The summed E-state index contributed by atoms with van der Waals surface area (Å²) in [6.07, 6.45) is 0.770. The first-order valence-electron chi connectivity index (χ1n) is 7.63. The molecule has 4 nitrogen and oxygen atoms in total. The first-order valence-corrected chi connectivity index (χ1v) is 7.63. The highest BCUT2D eigenvalue weighted by Gasteiger charge is 2.15. The zero-order valence-electron chi connectivity index (χ0n) is 12.7. The maximum atomic E-state index is 6.33. The summed E-state index contributed by atoms with van der Waals surface area (Å²) < 4.78 is 16.6. The lowest BCUT2D eigenvalue weighted by molar-refractivity contribution is 0.171. The number of ether oxygens (including phenoxy) is 3. The summed E-state index contributed by atoms with van der Waals surface area (Å²) in [7, 11) is 0. The minimum absolute atomic E-state index is 0.0752. The van der Waals surface area contributed by atoms with E-state index in [2.05, 4.69) is 12.1 Å².